The summed E-state index contributed by atoms with van der Waals surface area (Å²) in [6.45, 7) is 6.34. The Morgan fingerprint density at radius 3 is 2.52 bits per heavy atom. The maximum atomic E-state index is 15.0. The van der Waals surface area contributed by atoms with Crippen molar-refractivity contribution in [3.63, 3.8) is 0 Å². The first-order valence-corrected chi connectivity index (χ1v) is 10.2. The summed E-state index contributed by atoms with van der Waals surface area (Å²) in [5.41, 5.74) is 0.696. The molecule has 2 aliphatic carbocycles. The van der Waals surface area contributed by atoms with Crippen LogP contribution in [0.15, 0.2) is 30.3 Å². The summed E-state index contributed by atoms with van der Waals surface area (Å²) >= 11 is 0. The number of hydrogen-bond donors (Lipinski definition) is 1. The monoisotopic (exact) mass is 376 g/mol. The molecule has 0 saturated heterocycles. The maximum Gasteiger partial charge on any atom is 0.407 e. The van der Waals surface area contributed by atoms with Gasteiger partial charge in [0.15, 0.2) is 0 Å². The molecule has 0 aliphatic heterocycles. The van der Waals surface area contributed by atoms with Gasteiger partial charge in [-0.05, 0) is 64.9 Å². The summed E-state index contributed by atoms with van der Waals surface area (Å²) in [7, 11) is 0. The molecule has 2 aliphatic rings. The zero-order valence-corrected chi connectivity index (χ0v) is 16.8. The van der Waals surface area contributed by atoms with Crippen molar-refractivity contribution in [3.8, 4) is 0 Å². The minimum absolute atomic E-state index is 0.0392. The molecule has 4 nitrogen and oxygen atoms in total. The highest BCUT2D eigenvalue weighted by Gasteiger charge is 2.40. The minimum atomic E-state index is -0.847. The Hall–Kier alpha value is -1.62. The lowest BCUT2D eigenvalue weighted by molar-refractivity contribution is 0.0469. The Labute approximate surface area is 162 Å². The highest BCUT2D eigenvalue weighted by molar-refractivity contribution is 5.68. The van der Waals surface area contributed by atoms with Crippen LogP contribution in [0.3, 0.4) is 0 Å². The highest BCUT2D eigenvalue weighted by Crippen LogP contribution is 2.35. The minimum Gasteiger partial charge on any atom is -0.444 e. The van der Waals surface area contributed by atoms with Gasteiger partial charge in [0.25, 0.3) is 0 Å². The third-order valence-corrected chi connectivity index (χ3v) is 5.35. The number of alkyl halides is 1. The van der Waals surface area contributed by atoms with Crippen LogP contribution in [0.1, 0.15) is 64.9 Å². The van der Waals surface area contributed by atoms with Crippen molar-refractivity contribution in [2.45, 2.75) is 95.7 Å². The van der Waals surface area contributed by atoms with Gasteiger partial charge in [-0.15, -0.1) is 0 Å². The van der Waals surface area contributed by atoms with E-state index >= 15 is 4.39 Å². The zero-order chi connectivity index (χ0) is 19.4. The Morgan fingerprint density at radius 2 is 1.89 bits per heavy atom. The molecule has 3 rings (SSSR count). The van der Waals surface area contributed by atoms with Gasteiger partial charge in [-0.25, -0.2) is 9.18 Å². The molecule has 0 bridgehead atoms. The second-order valence-corrected chi connectivity index (χ2v) is 8.98. The number of carbonyl (C=O) groups excluding carboxylic acids is 1. The molecule has 0 spiro atoms. The van der Waals surface area contributed by atoms with Gasteiger partial charge in [-0.2, -0.15) is 0 Å². The van der Waals surface area contributed by atoms with Crippen molar-refractivity contribution in [2.24, 2.45) is 0 Å². The Kier molecular flexibility index (Phi) is 6.40. The molecule has 2 saturated carbocycles. The number of carbonyl (C=O) groups is 1. The normalized spacial score (nSPS) is 26.5. The lowest BCUT2D eigenvalue weighted by Crippen LogP contribution is -2.47. The molecule has 150 valence electrons. The number of hydrogen-bond acceptors (Lipinski definition) is 3. The standard InChI is InChI=1S/C22H33FN2O2/c1-22(2,3)27-21(26)24-17-10-7-11-19(23)20(14-17)25(18-12-13-18)15-16-8-5-4-6-9-16/h4-6,8-9,17-20H,7,10-15H2,1-3H3,(H,24,26)/t17-,19+,20-/m1/s1. The first-order chi connectivity index (χ1) is 12.8. The first-order valence-electron chi connectivity index (χ1n) is 10.2. The third-order valence-electron chi connectivity index (χ3n) is 5.35. The van der Waals surface area contributed by atoms with Crippen LogP contribution in [-0.2, 0) is 11.3 Å². The van der Waals surface area contributed by atoms with E-state index in [1.54, 1.807) is 0 Å². The fraction of sp³-hybridized carbons (Fsp3) is 0.682. The van der Waals surface area contributed by atoms with Gasteiger partial charge in [-0.3, -0.25) is 4.90 Å². The highest BCUT2D eigenvalue weighted by atomic mass is 19.1. The molecule has 0 heterocycles. The molecule has 27 heavy (non-hydrogen) atoms. The predicted molar refractivity (Wildman–Crippen MR) is 105 cm³/mol. The van der Waals surface area contributed by atoms with Crippen LogP contribution in [-0.4, -0.2) is 40.9 Å². The number of halogens is 1. The van der Waals surface area contributed by atoms with Gasteiger partial charge in [0, 0.05) is 24.7 Å². The molecule has 0 radical (unpaired) electrons. The average molecular weight is 377 g/mol. The topological polar surface area (TPSA) is 41.6 Å². The van der Waals surface area contributed by atoms with Crippen molar-refractivity contribution < 1.29 is 13.9 Å². The summed E-state index contributed by atoms with van der Waals surface area (Å²) in [6, 6.07) is 10.6. The van der Waals surface area contributed by atoms with E-state index in [-0.39, 0.29) is 12.1 Å². The SMILES string of the molecule is CC(C)(C)OC(=O)N[C@@H]1CCC[C@H](F)[C@H](N(Cc2ccccc2)C2CC2)C1. The van der Waals surface area contributed by atoms with Crippen LogP contribution >= 0.6 is 0 Å². The molecule has 1 amide bonds. The van der Waals surface area contributed by atoms with Gasteiger partial charge < -0.3 is 10.1 Å². The van der Waals surface area contributed by atoms with Crippen LogP contribution in [0.2, 0.25) is 0 Å². The fourth-order valence-corrected chi connectivity index (χ4v) is 3.97. The largest absolute Gasteiger partial charge is 0.444 e. The average Bonchev–Trinajstić information content (AvgIpc) is 3.41. The first kappa shape index (κ1) is 20.1. The number of benzene rings is 1. The number of ether oxygens (including phenoxy) is 1. The van der Waals surface area contributed by atoms with E-state index in [9.17, 15) is 4.79 Å². The van der Waals surface area contributed by atoms with Gasteiger partial charge in [0.1, 0.15) is 11.8 Å². The number of nitrogens with zero attached hydrogens (tertiary/aromatic N) is 1. The van der Waals surface area contributed by atoms with E-state index in [0.29, 0.717) is 18.9 Å². The summed E-state index contributed by atoms with van der Waals surface area (Å²) in [5.74, 6) is 0. The van der Waals surface area contributed by atoms with E-state index in [1.807, 2.05) is 39.0 Å². The van der Waals surface area contributed by atoms with Crippen LogP contribution in [0.25, 0.3) is 0 Å². The maximum absolute atomic E-state index is 15.0. The predicted octanol–water partition coefficient (Wildman–Crippen LogP) is 4.83. The molecule has 0 aromatic heterocycles. The molecule has 1 aromatic carbocycles. The van der Waals surface area contributed by atoms with Crippen molar-refractivity contribution in [3.05, 3.63) is 35.9 Å². The van der Waals surface area contributed by atoms with Crippen LogP contribution in [0.5, 0.6) is 0 Å². The number of alkyl carbamates (subject to hydrolysis) is 1. The quantitative estimate of drug-likeness (QED) is 0.749. The van der Waals surface area contributed by atoms with Gasteiger partial charge in [0.05, 0.1) is 0 Å². The van der Waals surface area contributed by atoms with Crippen molar-refractivity contribution >= 4 is 6.09 Å². The van der Waals surface area contributed by atoms with Gasteiger partial charge in [-0.1, -0.05) is 30.3 Å². The molecule has 1 aromatic rings. The second-order valence-electron chi connectivity index (χ2n) is 8.98. The summed E-state index contributed by atoms with van der Waals surface area (Å²) in [4.78, 5) is 14.5. The zero-order valence-electron chi connectivity index (χ0n) is 16.8. The molecular weight excluding hydrogens is 343 g/mol. The van der Waals surface area contributed by atoms with Crippen LogP contribution in [0, 0.1) is 0 Å². The summed E-state index contributed by atoms with van der Waals surface area (Å²) in [5, 5.41) is 2.99. The number of amides is 1. The lowest BCUT2D eigenvalue weighted by Gasteiger charge is -2.35. The van der Waals surface area contributed by atoms with Crippen molar-refractivity contribution in [2.75, 3.05) is 0 Å². The van der Waals surface area contributed by atoms with Gasteiger partial charge >= 0.3 is 6.09 Å². The number of rotatable bonds is 5. The van der Waals surface area contributed by atoms with Crippen LogP contribution in [0.4, 0.5) is 9.18 Å². The van der Waals surface area contributed by atoms with E-state index in [2.05, 4.69) is 22.3 Å². The molecule has 1 N–H and O–H groups in total. The second kappa shape index (κ2) is 8.59. The molecule has 5 heteroatoms. The Balaban J connectivity index is 1.68. The van der Waals surface area contributed by atoms with Crippen molar-refractivity contribution in [1.82, 2.24) is 10.2 Å². The van der Waals surface area contributed by atoms with Gasteiger partial charge in [0.2, 0.25) is 0 Å². The fourth-order valence-electron chi connectivity index (χ4n) is 3.97. The Morgan fingerprint density at radius 1 is 1.19 bits per heavy atom. The molecule has 0 unspecified atom stereocenters. The summed E-state index contributed by atoms with van der Waals surface area (Å²) in [6.07, 6.45) is 3.84. The van der Waals surface area contributed by atoms with E-state index in [4.69, 9.17) is 4.74 Å². The van der Waals surface area contributed by atoms with E-state index in [0.717, 1.165) is 32.2 Å². The van der Waals surface area contributed by atoms with Crippen molar-refractivity contribution in [1.29, 1.82) is 0 Å². The van der Waals surface area contributed by atoms with E-state index in [1.165, 1.54) is 5.56 Å². The summed E-state index contributed by atoms with van der Waals surface area (Å²) < 4.78 is 20.4. The molecule has 3 atom stereocenters. The number of nitrogens with one attached hydrogen (secondary N) is 1. The molecule has 2 fully saturated rings. The lowest BCUT2D eigenvalue weighted by atomic mass is 10.0. The molecular formula is C22H33FN2O2. The smallest absolute Gasteiger partial charge is 0.407 e. The third kappa shape index (κ3) is 6.20. The van der Waals surface area contributed by atoms with Crippen LogP contribution < -0.4 is 5.32 Å². The Bertz CT molecular complexity index is 612. The van der Waals surface area contributed by atoms with E-state index < -0.39 is 17.9 Å².